The molecule has 1 unspecified atom stereocenters. The van der Waals surface area contributed by atoms with Crippen molar-refractivity contribution in [1.82, 2.24) is 24.5 Å². The van der Waals surface area contributed by atoms with Crippen molar-refractivity contribution in [2.75, 3.05) is 41.3 Å². The van der Waals surface area contributed by atoms with Crippen molar-refractivity contribution in [1.29, 1.82) is 0 Å². The largest absolute Gasteiger partial charge is 0.476 e. The molecule has 198 valence electrons. The first kappa shape index (κ1) is 25.9. The number of carbonyl (C=O) groups is 1. The number of anilines is 3. The van der Waals surface area contributed by atoms with Crippen LogP contribution in [0.1, 0.15) is 39.5 Å². The van der Waals surface area contributed by atoms with E-state index in [1.807, 2.05) is 33.2 Å². The zero-order valence-electron chi connectivity index (χ0n) is 21.4. The van der Waals surface area contributed by atoms with E-state index in [4.69, 9.17) is 16.6 Å². The van der Waals surface area contributed by atoms with E-state index in [-0.39, 0.29) is 22.4 Å². The Morgan fingerprint density at radius 3 is 2.42 bits per heavy atom. The van der Waals surface area contributed by atoms with Gasteiger partial charge in [0.2, 0.25) is 11.9 Å². The topological polar surface area (TPSA) is 129 Å². The number of aromatic nitrogens is 5. The lowest BCUT2D eigenvalue weighted by atomic mass is 10.1. The molecule has 4 aromatic heterocycles. The summed E-state index contributed by atoms with van der Waals surface area (Å²) in [5.41, 5.74) is 2.54. The van der Waals surface area contributed by atoms with Crippen LogP contribution in [0.5, 0.6) is 0 Å². The number of rotatable bonds is 6. The zero-order chi connectivity index (χ0) is 27.1. The van der Waals surface area contributed by atoms with E-state index in [0.29, 0.717) is 54.0 Å². The Labute approximate surface area is 227 Å². The first-order valence-corrected chi connectivity index (χ1v) is 13.3. The number of halogens is 1. The number of pyridine rings is 1. The van der Waals surface area contributed by atoms with Gasteiger partial charge in [0.15, 0.2) is 5.69 Å². The minimum atomic E-state index is -1.18. The Morgan fingerprint density at radius 2 is 1.76 bits per heavy atom. The van der Waals surface area contributed by atoms with Crippen LogP contribution in [-0.4, -0.2) is 61.8 Å². The number of aryl methyl sites for hydroxylation is 2. The second-order valence-corrected chi connectivity index (χ2v) is 10.9. The van der Waals surface area contributed by atoms with E-state index in [9.17, 15) is 14.7 Å². The predicted molar refractivity (Wildman–Crippen MR) is 149 cm³/mol. The van der Waals surface area contributed by atoms with Crippen LogP contribution in [0.15, 0.2) is 29.3 Å². The molecule has 0 saturated carbocycles. The minimum Gasteiger partial charge on any atom is -0.476 e. The maximum atomic E-state index is 13.4. The van der Waals surface area contributed by atoms with Crippen molar-refractivity contribution in [3.8, 4) is 0 Å². The molecule has 1 saturated heterocycles. The number of carboxylic acids is 1. The molecule has 5 heterocycles. The summed E-state index contributed by atoms with van der Waals surface area (Å²) < 4.78 is 2.17. The Hall–Kier alpha value is -3.77. The van der Waals surface area contributed by atoms with Gasteiger partial charge in [0, 0.05) is 56.1 Å². The molecule has 0 spiro atoms. The van der Waals surface area contributed by atoms with Gasteiger partial charge in [-0.2, -0.15) is 0 Å². The summed E-state index contributed by atoms with van der Waals surface area (Å²) in [6, 6.07) is 2.79. The average molecular weight is 555 g/mol. The molecule has 5 rings (SSSR count). The smallest absolute Gasteiger partial charge is 0.356 e. The van der Waals surface area contributed by atoms with Gasteiger partial charge in [0.25, 0.3) is 5.56 Å². The molecule has 1 atom stereocenters. The molecule has 1 fully saturated rings. The highest BCUT2D eigenvalue weighted by atomic mass is 35.5. The standard InChI is InChI=1S/C25H27ClN8O3S/c1-13-11-27-24(28-12-13)33-7-9-34(10-8-33)25-31-20-18(15(3)38-21(20)22(35)32(25)4)14(2)29-16-5-6-17(26)30-19(16)23(36)37/h5-6,11-12,14,29H,7-10H2,1-4H3,(H,36,37). The van der Waals surface area contributed by atoms with Gasteiger partial charge in [-0.15, -0.1) is 11.3 Å². The number of nitrogens with zero attached hydrogens (tertiary/aromatic N) is 7. The van der Waals surface area contributed by atoms with E-state index in [0.717, 1.165) is 16.0 Å². The van der Waals surface area contributed by atoms with Crippen molar-refractivity contribution >= 4 is 56.7 Å². The molecule has 0 aromatic carbocycles. The Bertz CT molecular complexity index is 1580. The summed E-state index contributed by atoms with van der Waals surface area (Å²) in [6.45, 7) is 8.53. The average Bonchev–Trinajstić information content (AvgIpc) is 3.23. The first-order valence-electron chi connectivity index (χ1n) is 12.1. The van der Waals surface area contributed by atoms with Gasteiger partial charge in [0.1, 0.15) is 9.85 Å². The number of piperazine rings is 1. The molecule has 0 amide bonds. The number of carboxylic acid groups (broad SMARTS) is 1. The predicted octanol–water partition coefficient (Wildman–Crippen LogP) is 3.65. The summed E-state index contributed by atoms with van der Waals surface area (Å²) in [5, 5.41) is 12.9. The maximum absolute atomic E-state index is 13.4. The summed E-state index contributed by atoms with van der Waals surface area (Å²) >= 11 is 7.30. The molecule has 1 aliphatic rings. The summed E-state index contributed by atoms with van der Waals surface area (Å²) in [4.78, 5) is 48.1. The van der Waals surface area contributed by atoms with Gasteiger partial charge in [-0.3, -0.25) is 9.36 Å². The molecule has 2 N–H and O–H groups in total. The molecule has 0 bridgehead atoms. The van der Waals surface area contributed by atoms with Crippen LogP contribution in [0.3, 0.4) is 0 Å². The summed E-state index contributed by atoms with van der Waals surface area (Å²) in [6.07, 6.45) is 3.62. The van der Waals surface area contributed by atoms with E-state index < -0.39 is 5.97 Å². The monoisotopic (exact) mass is 554 g/mol. The number of nitrogens with one attached hydrogen (secondary N) is 1. The molecule has 0 aliphatic carbocycles. The Morgan fingerprint density at radius 1 is 1.11 bits per heavy atom. The van der Waals surface area contributed by atoms with Gasteiger partial charge in [0.05, 0.1) is 17.2 Å². The molecule has 4 aromatic rings. The normalized spacial score (nSPS) is 14.7. The van der Waals surface area contributed by atoms with Crippen LogP contribution in [0.4, 0.5) is 17.6 Å². The van der Waals surface area contributed by atoms with E-state index >= 15 is 0 Å². The van der Waals surface area contributed by atoms with Gasteiger partial charge in [-0.1, -0.05) is 11.6 Å². The summed E-state index contributed by atoms with van der Waals surface area (Å²) in [5.74, 6) is 0.108. The zero-order valence-corrected chi connectivity index (χ0v) is 23.0. The fourth-order valence-electron chi connectivity index (χ4n) is 4.69. The number of fused-ring (bicyclic) bond motifs is 1. The quantitative estimate of drug-likeness (QED) is 0.341. The third-order valence-corrected chi connectivity index (χ3v) is 7.91. The fraction of sp³-hybridized carbons (Fsp3) is 0.360. The number of thiophene rings is 1. The molecule has 38 heavy (non-hydrogen) atoms. The highest BCUT2D eigenvalue weighted by molar-refractivity contribution is 7.19. The molecule has 1 aliphatic heterocycles. The van der Waals surface area contributed by atoms with Crippen LogP contribution in [-0.2, 0) is 7.05 Å². The third-order valence-electron chi connectivity index (χ3n) is 6.60. The van der Waals surface area contributed by atoms with Crippen LogP contribution in [0.2, 0.25) is 5.15 Å². The molecule has 13 heteroatoms. The van der Waals surface area contributed by atoms with Crippen LogP contribution >= 0.6 is 22.9 Å². The second-order valence-electron chi connectivity index (χ2n) is 9.26. The van der Waals surface area contributed by atoms with Crippen molar-refractivity contribution in [2.45, 2.75) is 26.8 Å². The maximum Gasteiger partial charge on any atom is 0.356 e. The molecular formula is C25H27ClN8O3S. The van der Waals surface area contributed by atoms with Crippen molar-refractivity contribution < 1.29 is 9.90 Å². The molecular weight excluding hydrogens is 528 g/mol. The Balaban J connectivity index is 1.46. The highest BCUT2D eigenvalue weighted by Crippen LogP contribution is 2.35. The van der Waals surface area contributed by atoms with E-state index in [1.165, 1.54) is 17.4 Å². The Kier molecular flexibility index (Phi) is 6.93. The van der Waals surface area contributed by atoms with E-state index in [1.54, 1.807) is 17.7 Å². The minimum absolute atomic E-state index is 0.0987. The molecule has 0 radical (unpaired) electrons. The number of hydrogen-bond acceptors (Lipinski definition) is 10. The number of aromatic carboxylic acids is 1. The van der Waals surface area contributed by atoms with E-state index in [2.05, 4.69) is 30.1 Å². The lowest BCUT2D eigenvalue weighted by Gasteiger charge is -2.35. The third kappa shape index (κ3) is 4.76. The van der Waals surface area contributed by atoms with Crippen molar-refractivity contribution in [2.24, 2.45) is 7.05 Å². The van der Waals surface area contributed by atoms with Gasteiger partial charge < -0.3 is 20.2 Å². The number of hydrogen-bond donors (Lipinski definition) is 2. The van der Waals surface area contributed by atoms with Crippen LogP contribution in [0, 0.1) is 13.8 Å². The van der Waals surface area contributed by atoms with Gasteiger partial charge in [-0.05, 0) is 38.5 Å². The van der Waals surface area contributed by atoms with Crippen molar-refractivity contribution in [3.05, 3.63) is 61.7 Å². The SMILES string of the molecule is Cc1cnc(N2CCN(c3nc4c(C(C)Nc5ccc(Cl)nc5C(=O)O)c(C)sc4c(=O)n3C)CC2)nc1. The molecule has 11 nitrogen and oxygen atoms in total. The van der Waals surface area contributed by atoms with Gasteiger partial charge >= 0.3 is 5.97 Å². The lowest BCUT2D eigenvalue weighted by Crippen LogP contribution is -2.48. The first-order chi connectivity index (χ1) is 18.1. The van der Waals surface area contributed by atoms with Gasteiger partial charge in [-0.25, -0.2) is 24.7 Å². The highest BCUT2D eigenvalue weighted by Gasteiger charge is 2.26. The summed E-state index contributed by atoms with van der Waals surface area (Å²) in [7, 11) is 1.74. The van der Waals surface area contributed by atoms with Crippen LogP contribution in [0.25, 0.3) is 10.2 Å². The van der Waals surface area contributed by atoms with Crippen molar-refractivity contribution in [3.63, 3.8) is 0 Å². The lowest BCUT2D eigenvalue weighted by molar-refractivity contribution is 0.0691. The second kappa shape index (κ2) is 10.2. The van der Waals surface area contributed by atoms with Crippen LogP contribution < -0.4 is 20.7 Å². The fourth-order valence-corrected chi connectivity index (χ4v) is 6.00.